The number of ether oxygens (including phenoxy) is 1. The first kappa shape index (κ1) is 20.7. The number of carbonyl (C=O) groups is 1. The maximum atomic E-state index is 12.4. The second-order valence-electron chi connectivity index (χ2n) is 9.58. The molecule has 7 heteroatoms. The molecule has 0 bridgehead atoms. The van der Waals surface area contributed by atoms with E-state index >= 15 is 0 Å². The standard InChI is InChI=1S/C26H31N5O2/c1-18-15-27-16-25(33-18)20-4-2-19(3-5-20)22-14-24-23(8-9-28-31(24)17-22)29-10-12-30(13-11-29)26(32)21-6-7-21/h2-5,8-9,14,17-18,21,25,27H,6-7,10-13,15-16H2,1H3/t18-,25+/m0/s1. The third-order valence-corrected chi connectivity index (χ3v) is 7.12. The molecule has 0 radical (unpaired) electrons. The van der Waals surface area contributed by atoms with Gasteiger partial charge in [0.2, 0.25) is 5.91 Å². The molecule has 2 saturated heterocycles. The molecule has 3 aliphatic rings. The first-order chi connectivity index (χ1) is 16.2. The second-order valence-corrected chi connectivity index (χ2v) is 9.58. The lowest BCUT2D eigenvalue weighted by molar-refractivity contribution is -0.132. The molecule has 33 heavy (non-hydrogen) atoms. The summed E-state index contributed by atoms with van der Waals surface area (Å²) >= 11 is 0. The number of piperazine rings is 1. The molecule has 4 heterocycles. The predicted molar refractivity (Wildman–Crippen MR) is 128 cm³/mol. The third-order valence-electron chi connectivity index (χ3n) is 7.12. The van der Waals surface area contributed by atoms with Gasteiger partial charge in [-0.1, -0.05) is 24.3 Å². The number of fused-ring (bicyclic) bond motifs is 1. The Bertz CT molecular complexity index is 1150. The van der Waals surface area contributed by atoms with E-state index in [0.717, 1.165) is 63.2 Å². The van der Waals surface area contributed by atoms with Crippen molar-refractivity contribution in [2.45, 2.75) is 32.0 Å². The van der Waals surface area contributed by atoms with Gasteiger partial charge in [0.1, 0.15) is 0 Å². The van der Waals surface area contributed by atoms with E-state index in [0.29, 0.717) is 11.8 Å². The third kappa shape index (κ3) is 4.11. The first-order valence-electron chi connectivity index (χ1n) is 12.1. The van der Waals surface area contributed by atoms with Crippen molar-refractivity contribution in [3.63, 3.8) is 0 Å². The lowest BCUT2D eigenvalue weighted by atomic mass is 10.0. The van der Waals surface area contributed by atoms with Crippen LogP contribution in [-0.2, 0) is 9.53 Å². The van der Waals surface area contributed by atoms with Gasteiger partial charge in [-0.3, -0.25) is 4.79 Å². The van der Waals surface area contributed by atoms with E-state index in [1.807, 2.05) is 15.6 Å². The Kier molecular flexibility index (Phi) is 5.31. The molecule has 1 aromatic carbocycles. The van der Waals surface area contributed by atoms with Crippen LogP contribution in [0.1, 0.15) is 31.4 Å². The summed E-state index contributed by atoms with van der Waals surface area (Å²) in [6.45, 7) is 7.20. The molecule has 3 fully saturated rings. The SMILES string of the molecule is C[C@H]1CNC[C@H](c2ccc(-c3cc4c(N5CCN(C(=O)C6CC6)CC5)ccnn4c3)cc2)O1. The molecule has 2 aliphatic heterocycles. The van der Waals surface area contributed by atoms with Gasteiger partial charge in [-0.05, 0) is 43.0 Å². The van der Waals surface area contributed by atoms with Crippen molar-refractivity contribution in [2.75, 3.05) is 44.2 Å². The summed E-state index contributed by atoms with van der Waals surface area (Å²) in [5, 5.41) is 7.99. The summed E-state index contributed by atoms with van der Waals surface area (Å²) in [4.78, 5) is 16.8. The van der Waals surface area contributed by atoms with Crippen LogP contribution in [0, 0.1) is 5.92 Å². The molecule has 2 atom stereocenters. The van der Waals surface area contributed by atoms with Crippen LogP contribution >= 0.6 is 0 Å². The fourth-order valence-corrected chi connectivity index (χ4v) is 5.06. The molecule has 1 saturated carbocycles. The number of amides is 1. The molecule has 3 aromatic rings. The molecule has 2 aromatic heterocycles. The molecule has 1 aliphatic carbocycles. The number of nitrogens with one attached hydrogen (secondary N) is 1. The number of hydrogen-bond donors (Lipinski definition) is 1. The summed E-state index contributed by atoms with van der Waals surface area (Å²) in [5.74, 6) is 0.653. The van der Waals surface area contributed by atoms with Gasteiger partial charge in [0.05, 0.1) is 23.4 Å². The number of benzene rings is 1. The highest BCUT2D eigenvalue weighted by atomic mass is 16.5. The van der Waals surface area contributed by atoms with Gasteiger partial charge in [-0.2, -0.15) is 5.10 Å². The Hall–Kier alpha value is -2.90. The summed E-state index contributed by atoms with van der Waals surface area (Å²) < 4.78 is 8.05. The molecular formula is C26H31N5O2. The van der Waals surface area contributed by atoms with Gasteiger partial charge in [-0.15, -0.1) is 0 Å². The van der Waals surface area contributed by atoms with Crippen LogP contribution < -0.4 is 10.2 Å². The Morgan fingerprint density at radius 2 is 1.82 bits per heavy atom. The van der Waals surface area contributed by atoms with Gasteiger partial charge in [0, 0.05) is 63.1 Å². The van der Waals surface area contributed by atoms with Gasteiger partial charge in [-0.25, -0.2) is 4.52 Å². The van der Waals surface area contributed by atoms with Crippen LogP contribution in [-0.4, -0.2) is 65.8 Å². The Morgan fingerprint density at radius 1 is 1.03 bits per heavy atom. The van der Waals surface area contributed by atoms with Crippen LogP contribution in [0.4, 0.5) is 5.69 Å². The van der Waals surface area contributed by atoms with E-state index < -0.39 is 0 Å². The van der Waals surface area contributed by atoms with Crippen LogP contribution in [0.5, 0.6) is 0 Å². The maximum absolute atomic E-state index is 12.4. The molecule has 0 spiro atoms. The predicted octanol–water partition coefficient (Wildman–Crippen LogP) is 3.11. The summed E-state index contributed by atoms with van der Waals surface area (Å²) in [5.41, 5.74) is 5.82. The molecule has 172 valence electrons. The van der Waals surface area contributed by atoms with E-state index in [9.17, 15) is 4.79 Å². The van der Waals surface area contributed by atoms with Crippen LogP contribution in [0.3, 0.4) is 0 Å². The quantitative estimate of drug-likeness (QED) is 0.669. The maximum Gasteiger partial charge on any atom is 0.225 e. The molecule has 1 N–H and O–H groups in total. The zero-order valence-electron chi connectivity index (χ0n) is 19.1. The zero-order valence-corrected chi connectivity index (χ0v) is 19.1. The minimum atomic E-state index is 0.106. The van der Waals surface area contributed by atoms with Gasteiger partial charge < -0.3 is 19.9 Å². The lowest BCUT2D eigenvalue weighted by Crippen LogP contribution is -2.49. The zero-order chi connectivity index (χ0) is 22.4. The van der Waals surface area contributed by atoms with Crippen LogP contribution in [0.25, 0.3) is 16.6 Å². The number of nitrogens with zero attached hydrogens (tertiary/aromatic N) is 4. The topological polar surface area (TPSA) is 62.1 Å². The highest BCUT2D eigenvalue weighted by molar-refractivity contribution is 5.82. The smallest absolute Gasteiger partial charge is 0.225 e. The summed E-state index contributed by atoms with van der Waals surface area (Å²) in [6, 6.07) is 13.0. The molecular weight excluding hydrogens is 414 g/mol. The number of morpholine rings is 1. The molecule has 1 amide bonds. The van der Waals surface area contributed by atoms with Gasteiger partial charge >= 0.3 is 0 Å². The minimum absolute atomic E-state index is 0.106. The number of aromatic nitrogens is 2. The Labute approximate surface area is 194 Å². The summed E-state index contributed by atoms with van der Waals surface area (Å²) in [6.07, 6.45) is 6.45. The average molecular weight is 446 g/mol. The van der Waals surface area contributed by atoms with Crippen molar-refractivity contribution < 1.29 is 9.53 Å². The van der Waals surface area contributed by atoms with Crippen molar-refractivity contribution in [2.24, 2.45) is 5.92 Å². The highest BCUT2D eigenvalue weighted by Crippen LogP contribution is 2.33. The minimum Gasteiger partial charge on any atom is -0.368 e. The molecule has 6 rings (SSSR count). The van der Waals surface area contributed by atoms with E-state index in [2.05, 4.69) is 64.8 Å². The molecule has 0 unspecified atom stereocenters. The average Bonchev–Trinajstić information content (AvgIpc) is 3.61. The molecule has 7 nitrogen and oxygen atoms in total. The fourth-order valence-electron chi connectivity index (χ4n) is 5.06. The van der Waals surface area contributed by atoms with E-state index in [1.165, 1.54) is 16.8 Å². The van der Waals surface area contributed by atoms with E-state index in [4.69, 9.17) is 4.74 Å². The largest absolute Gasteiger partial charge is 0.368 e. The number of rotatable bonds is 4. The fraction of sp³-hybridized carbons (Fsp3) is 0.462. The van der Waals surface area contributed by atoms with Gasteiger partial charge in [0.25, 0.3) is 0 Å². The Balaban J connectivity index is 1.20. The van der Waals surface area contributed by atoms with Crippen molar-refractivity contribution in [1.82, 2.24) is 19.8 Å². The van der Waals surface area contributed by atoms with Crippen LogP contribution in [0.15, 0.2) is 48.8 Å². The Morgan fingerprint density at radius 3 is 2.55 bits per heavy atom. The van der Waals surface area contributed by atoms with Crippen molar-refractivity contribution in [1.29, 1.82) is 0 Å². The first-order valence-corrected chi connectivity index (χ1v) is 12.1. The number of hydrogen-bond acceptors (Lipinski definition) is 5. The number of anilines is 1. The lowest BCUT2D eigenvalue weighted by Gasteiger charge is -2.36. The normalized spacial score (nSPS) is 23.8. The van der Waals surface area contributed by atoms with E-state index in [-0.39, 0.29) is 12.2 Å². The van der Waals surface area contributed by atoms with Crippen molar-refractivity contribution in [3.05, 3.63) is 54.4 Å². The van der Waals surface area contributed by atoms with Crippen LogP contribution in [0.2, 0.25) is 0 Å². The second kappa shape index (κ2) is 8.47. The van der Waals surface area contributed by atoms with E-state index in [1.54, 1.807) is 0 Å². The van der Waals surface area contributed by atoms with Gasteiger partial charge in [0.15, 0.2) is 0 Å². The monoisotopic (exact) mass is 445 g/mol. The number of carbonyl (C=O) groups excluding carboxylic acids is 1. The highest BCUT2D eigenvalue weighted by Gasteiger charge is 2.34. The van der Waals surface area contributed by atoms with Crippen molar-refractivity contribution >= 4 is 17.1 Å². The van der Waals surface area contributed by atoms with Crippen molar-refractivity contribution in [3.8, 4) is 11.1 Å². The summed E-state index contributed by atoms with van der Waals surface area (Å²) in [7, 11) is 0.